The molecule has 0 aromatic rings. The van der Waals surface area contributed by atoms with E-state index in [0.29, 0.717) is 17.7 Å². The Morgan fingerprint density at radius 1 is 1.21 bits per heavy atom. The fourth-order valence-electron chi connectivity index (χ4n) is 2.19. The van der Waals surface area contributed by atoms with Crippen LogP contribution in [-0.2, 0) is 4.79 Å². The molecule has 0 amide bonds. The van der Waals surface area contributed by atoms with E-state index in [-0.39, 0.29) is 0 Å². The molecule has 0 aromatic heterocycles. The summed E-state index contributed by atoms with van der Waals surface area (Å²) in [7, 11) is 0. The average Bonchev–Trinajstić information content (AvgIpc) is 2.19. The van der Waals surface area contributed by atoms with Crippen molar-refractivity contribution in [2.24, 2.45) is 11.7 Å². The molecule has 2 nitrogen and oxygen atoms in total. The number of Topliss-reactive ketones (excluding diaryl/α,β-unsaturated/α-hetero) is 1. The predicted octanol–water partition coefficient (Wildman–Crippen LogP) is 2.65. The number of unbranched alkanes of at least 4 members (excludes halogenated alkanes) is 2. The SMILES string of the molecule is CCCCCC(=O)C1CCC(N)CC1. The summed E-state index contributed by atoms with van der Waals surface area (Å²) in [4.78, 5) is 11.7. The molecule has 82 valence electrons. The maximum absolute atomic E-state index is 11.7. The number of ketones is 1. The maximum atomic E-state index is 11.7. The van der Waals surface area contributed by atoms with E-state index in [1.807, 2.05) is 0 Å². The quantitative estimate of drug-likeness (QED) is 0.688. The van der Waals surface area contributed by atoms with Gasteiger partial charge in [0.05, 0.1) is 0 Å². The van der Waals surface area contributed by atoms with Gasteiger partial charge in [0.15, 0.2) is 0 Å². The first-order valence-corrected chi connectivity index (χ1v) is 6.02. The minimum absolute atomic E-state index is 0.339. The van der Waals surface area contributed by atoms with Crippen molar-refractivity contribution in [3.63, 3.8) is 0 Å². The Morgan fingerprint density at radius 3 is 2.43 bits per heavy atom. The fraction of sp³-hybridized carbons (Fsp3) is 0.917. The van der Waals surface area contributed by atoms with Gasteiger partial charge in [0.2, 0.25) is 0 Å². The van der Waals surface area contributed by atoms with Gasteiger partial charge in [-0.15, -0.1) is 0 Å². The second-order valence-corrected chi connectivity index (χ2v) is 4.54. The Balaban J connectivity index is 2.17. The third-order valence-corrected chi connectivity index (χ3v) is 3.25. The minimum atomic E-state index is 0.339. The molecule has 1 aliphatic carbocycles. The van der Waals surface area contributed by atoms with Crippen LogP contribution in [0, 0.1) is 5.92 Å². The highest BCUT2D eigenvalue weighted by Crippen LogP contribution is 2.25. The van der Waals surface area contributed by atoms with E-state index in [2.05, 4.69) is 6.92 Å². The number of carbonyl (C=O) groups is 1. The third-order valence-electron chi connectivity index (χ3n) is 3.25. The Labute approximate surface area is 87.2 Å². The summed E-state index contributed by atoms with van der Waals surface area (Å²) >= 11 is 0. The summed E-state index contributed by atoms with van der Waals surface area (Å²) in [5, 5.41) is 0. The highest BCUT2D eigenvalue weighted by molar-refractivity contribution is 5.81. The van der Waals surface area contributed by atoms with Crippen molar-refractivity contribution in [2.45, 2.75) is 64.3 Å². The van der Waals surface area contributed by atoms with Crippen molar-refractivity contribution in [1.82, 2.24) is 0 Å². The molecule has 1 fully saturated rings. The molecule has 0 aromatic carbocycles. The first kappa shape index (κ1) is 11.7. The largest absolute Gasteiger partial charge is 0.328 e. The normalized spacial score (nSPS) is 27.6. The Hall–Kier alpha value is -0.370. The fourth-order valence-corrected chi connectivity index (χ4v) is 2.19. The lowest BCUT2D eigenvalue weighted by Crippen LogP contribution is -2.29. The van der Waals surface area contributed by atoms with Crippen LogP contribution in [0.2, 0.25) is 0 Å². The van der Waals surface area contributed by atoms with Crippen LogP contribution in [-0.4, -0.2) is 11.8 Å². The highest BCUT2D eigenvalue weighted by atomic mass is 16.1. The summed E-state index contributed by atoms with van der Waals surface area (Å²) in [5.74, 6) is 0.831. The van der Waals surface area contributed by atoms with Crippen LogP contribution in [0.15, 0.2) is 0 Å². The molecular formula is C12H23NO. The van der Waals surface area contributed by atoms with Crippen molar-refractivity contribution in [2.75, 3.05) is 0 Å². The molecule has 14 heavy (non-hydrogen) atoms. The summed E-state index contributed by atoms with van der Waals surface area (Å²) in [5.41, 5.74) is 5.81. The molecule has 0 atom stereocenters. The van der Waals surface area contributed by atoms with E-state index in [1.54, 1.807) is 0 Å². The van der Waals surface area contributed by atoms with Gasteiger partial charge in [0.25, 0.3) is 0 Å². The molecule has 0 heterocycles. The zero-order valence-electron chi connectivity index (χ0n) is 9.30. The molecule has 0 unspecified atom stereocenters. The van der Waals surface area contributed by atoms with Gasteiger partial charge in [-0.2, -0.15) is 0 Å². The molecule has 2 N–H and O–H groups in total. The van der Waals surface area contributed by atoms with Gasteiger partial charge in [0, 0.05) is 18.4 Å². The van der Waals surface area contributed by atoms with Crippen LogP contribution >= 0.6 is 0 Å². The first-order valence-electron chi connectivity index (χ1n) is 6.02. The lowest BCUT2D eigenvalue weighted by Gasteiger charge is -2.24. The molecule has 0 radical (unpaired) electrons. The van der Waals surface area contributed by atoms with Crippen LogP contribution in [0.25, 0.3) is 0 Å². The molecule has 1 rings (SSSR count). The van der Waals surface area contributed by atoms with Crippen molar-refractivity contribution < 1.29 is 4.79 Å². The number of rotatable bonds is 5. The third kappa shape index (κ3) is 3.79. The van der Waals surface area contributed by atoms with Crippen molar-refractivity contribution in [1.29, 1.82) is 0 Å². The van der Waals surface area contributed by atoms with Gasteiger partial charge in [-0.25, -0.2) is 0 Å². The van der Waals surface area contributed by atoms with Crippen LogP contribution in [0.1, 0.15) is 58.3 Å². The zero-order valence-corrected chi connectivity index (χ0v) is 9.30. The van der Waals surface area contributed by atoms with Crippen molar-refractivity contribution in [3.05, 3.63) is 0 Å². The minimum Gasteiger partial charge on any atom is -0.328 e. The Kier molecular flexibility index (Phi) is 5.16. The lowest BCUT2D eigenvalue weighted by molar-refractivity contribution is -0.123. The lowest BCUT2D eigenvalue weighted by atomic mass is 9.82. The molecular weight excluding hydrogens is 174 g/mol. The van der Waals surface area contributed by atoms with Gasteiger partial charge in [-0.3, -0.25) is 4.79 Å². The number of carbonyl (C=O) groups excluding carboxylic acids is 1. The van der Waals surface area contributed by atoms with Gasteiger partial charge >= 0.3 is 0 Å². The number of hydrogen-bond acceptors (Lipinski definition) is 2. The van der Waals surface area contributed by atoms with Crippen molar-refractivity contribution in [3.8, 4) is 0 Å². The van der Waals surface area contributed by atoms with Crippen LogP contribution < -0.4 is 5.73 Å². The number of hydrogen-bond donors (Lipinski definition) is 1. The summed E-state index contributed by atoms with van der Waals surface area (Å²) in [6.45, 7) is 2.17. The van der Waals surface area contributed by atoms with E-state index in [1.165, 1.54) is 12.8 Å². The second-order valence-electron chi connectivity index (χ2n) is 4.54. The van der Waals surface area contributed by atoms with E-state index >= 15 is 0 Å². The van der Waals surface area contributed by atoms with Gasteiger partial charge in [0.1, 0.15) is 5.78 Å². The van der Waals surface area contributed by atoms with Gasteiger partial charge < -0.3 is 5.73 Å². The molecule has 1 saturated carbocycles. The van der Waals surface area contributed by atoms with Gasteiger partial charge in [-0.05, 0) is 32.1 Å². The van der Waals surface area contributed by atoms with E-state index < -0.39 is 0 Å². The van der Waals surface area contributed by atoms with E-state index in [0.717, 1.165) is 38.5 Å². The van der Waals surface area contributed by atoms with E-state index in [9.17, 15) is 4.79 Å². The second kappa shape index (κ2) is 6.18. The highest BCUT2D eigenvalue weighted by Gasteiger charge is 2.23. The smallest absolute Gasteiger partial charge is 0.135 e. The summed E-state index contributed by atoms with van der Waals surface area (Å²) < 4.78 is 0. The molecule has 1 aliphatic rings. The zero-order chi connectivity index (χ0) is 10.4. The Bertz CT molecular complexity index is 171. The number of nitrogens with two attached hydrogens (primary N) is 1. The molecule has 2 heteroatoms. The monoisotopic (exact) mass is 197 g/mol. The van der Waals surface area contributed by atoms with Crippen molar-refractivity contribution >= 4 is 5.78 Å². The average molecular weight is 197 g/mol. The molecule has 0 saturated heterocycles. The topological polar surface area (TPSA) is 43.1 Å². The molecule has 0 bridgehead atoms. The van der Waals surface area contributed by atoms with E-state index in [4.69, 9.17) is 5.73 Å². The van der Waals surface area contributed by atoms with Crippen LogP contribution in [0.3, 0.4) is 0 Å². The van der Waals surface area contributed by atoms with Crippen LogP contribution in [0.4, 0.5) is 0 Å². The maximum Gasteiger partial charge on any atom is 0.135 e. The summed E-state index contributed by atoms with van der Waals surface area (Å²) in [6, 6.07) is 0.356. The standard InChI is InChI=1S/C12H23NO/c1-2-3-4-5-12(14)10-6-8-11(13)9-7-10/h10-11H,2-9,13H2,1H3. The molecule has 0 aliphatic heterocycles. The van der Waals surface area contributed by atoms with Gasteiger partial charge in [-0.1, -0.05) is 19.8 Å². The Morgan fingerprint density at radius 2 is 1.86 bits per heavy atom. The summed E-state index contributed by atoms with van der Waals surface area (Å²) in [6.07, 6.45) is 8.43. The van der Waals surface area contributed by atoms with Crippen LogP contribution in [0.5, 0.6) is 0 Å². The first-order chi connectivity index (χ1) is 6.74. The predicted molar refractivity (Wildman–Crippen MR) is 59.1 cm³/mol. The molecule has 0 spiro atoms.